The number of nitro groups is 1. The number of hydrogen-bond acceptors (Lipinski definition) is 5. The number of nitrogens with one attached hydrogen (secondary N) is 3. The van der Waals surface area contributed by atoms with E-state index >= 15 is 0 Å². The van der Waals surface area contributed by atoms with Crippen molar-refractivity contribution in [1.29, 1.82) is 0 Å². The van der Waals surface area contributed by atoms with E-state index in [0.29, 0.717) is 10.7 Å². The first kappa shape index (κ1) is 18.4. The normalized spacial score (nSPS) is 15.0. The molecule has 0 aromatic heterocycles. The molecule has 0 aliphatic carbocycles. The number of rotatable bonds is 7. The summed E-state index contributed by atoms with van der Waals surface area (Å²) in [5.41, 5.74) is 0.227. The summed E-state index contributed by atoms with van der Waals surface area (Å²) >= 11 is 5.17. The van der Waals surface area contributed by atoms with Crippen molar-refractivity contribution in [3.63, 3.8) is 0 Å². The fraction of sp³-hybridized carbons (Fsp3) is 0.533. The third-order valence-electron chi connectivity index (χ3n) is 3.89. The highest BCUT2D eigenvalue weighted by molar-refractivity contribution is 7.80. The van der Waals surface area contributed by atoms with Crippen LogP contribution in [0.15, 0.2) is 18.2 Å². The Morgan fingerprint density at radius 3 is 2.79 bits per heavy atom. The van der Waals surface area contributed by atoms with Crippen molar-refractivity contribution in [3.05, 3.63) is 33.9 Å². The highest BCUT2D eigenvalue weighted by Gasteiger charge is 2.12. The van der Waals surface area contributed by atoms with E-state index in [9.17, 15) is 15.2 Å². The first-order chi connectivity index (χ1) is 11.6. The summed E-state index contributed by atoms with van der Waals surface area (Å²) < 4.78 is 5.32. The topological polar surface area (TPSA) is 104 Å². The van der Waals surface area contributed by atoms with Gasteiger partial charge in [0.15, 0.2) is 5.11 Å². The van der Waals surface area contributed by atoms with Crippen molar-refractivity contribution >= 4 is 23.0 Å². The fourth-order valence-corrected chi connectivity index (χ4v) is 2.68. The van der Waals surface area contributed by atoms with E-state index < -0.39 is 4.92 Å². The molecule has 1 heterocycles. The minimum atomic E-state index is -0.520. The van der Waals surface area contributed by atoms with Crippen molar-refractivity contribution in [2.45, 2.75) is 13.0 Å². The predicted molar refractivity (Wildman–Crippen MR) is 91.0 cm³/mol. The van der Waals surface area contributed by atoms with Gasteiger partial charge in [-0.3, -0.25) is 10.1 Å². The first-order valence-electron chi connectivity index (χ1n) is 7.93. The monoisotopic (exact) mass is 354 g/mol. The van der Waals surface area contributed by atoms with Crippen molar-refractivity contribution in [3.8, 4) is 5.75 Å². The lowest BCUT2D eigenvalue weighted by Gasteiger charge is -2.23. The van der Waals surface area contributed by atoms with Crippen LogP contribution in [0, 0.1) is 10.1 Å². The van der Waals surface area contributed by atoms with Crippen LogP contribution in [0.5, 0.6) is 5.75 Å². The molecule has 1 saturated heterocycles. The Morgan fingerprint density at radius 2 is 2.08 bits per heavy atom. The molecular weight excluding hydrogens is 332 g/mol. The molecule has 1 aliphatic heterocycles. The van der Waals surface area contributed by atoms with Gasteiger partial charge in [-0.05, 0) is 17.8 Å². The van der Waals surface area contributed by atoms with Crippen LogP contribution in [0.25, 0.3) is 0 Å². The summed E-state index contributed by atoms with van der Waals surface area (Å²) in [5, 5.41) is 28.9. The number of ether oxygens (including phenoxy) is 1. The largest absolute Gasteiger partial charge is 0.872 e. The molecule has 3 N–H and O–H groups in total. The molecule has 1 aromatic carbocycles. The Kier molecular flexibility index (Phi) is 7.16. The van der Waals surface area contributed by atoms with E-state index in [0.717, 1.165) is 45.8 Å². The molecule has 0 radical (unpaired) electrons. The maximum absolute atomic E-state index is 11.7. The second-order valence-corrected chi connectivity index (χ2v) is 6.03. The molecule has 0 atom stereocenters. The third-order valence-corrected chi connectivity index (χ3v) is 4.18. The van der Waals surface area contributed by atoms with Gasteiger partial charge in [0.2, 0.25) is 0 Å². The molecule has 1 aromatic rings. The summed E-state index contributed by atoms with van der Waals surface area (Å²) in [6, 6.07) is 3.69. The number of hydrogen-bond donors (Lipinski definition) is 3. The molecule has 0 spiro atoms. The molecule has 24 heavy (non-hydrogen) atoms. The van der Waals surface area contributed by atoms with Gasteiger partial charge >= 0.3 is 0 Å². The Balaban J connectivity index is 1.67. The van der Waals surface area contributed by atoms with Crippen LogP contribution in [0.3, 0.4) is 0 Å². The molecule has 0 bridgehead atoms. The summed E-state index contributed by atoms with van der Waals surface area (Å²) in [7, 11) is 0. The summed E-state index contributed by atoms with van der Waals surface area (Å²) in [4.78, 5) is 11.8. The van der Waals surface area contributed by atoms with Gasteiger partial charge in [0.25, 0.3) is 5.69 Å². The lowest BCUT2D eigenvalue weighted by Crippen LogP contribution is -3.14. The average Bonchev–Trinajstić information content (AvgIpc) is 2.58. The third kappa shape index (κ3) is 5.91. The van der Waals surface area contributed by atoms with Gasteiger partial charge in [-0.25, -0.2) is 0 Å². The lowest BCUT2D eigenvalue weighted by molar-refractivity contribution is -0.908. The van der Waals surface area contributed by atoms with Crippen LogP contribution in [-0.2, 0) is 11.3 Å². The number of benzene rings is 1. The van der Waals surface area contributed by atoms with Crippen molar-refractivity contribution in [1.82, 2.24) is 10.6 Å². The molecule has 0 unspecified atom stereocenters. The van der Waals surface area contributed by atoms with Crippen LogP contribution >= 0.6 is 12.2 Å². The quantitative estimate of drug-likeness (QED) is 0.248. The summed E-state index contributed by atoms with van der Waals surface area (Å²) in [6.07, 6.45) is 0.987. The highest BCUT2D eigenvalue weighted by atomic mass is 32.1. The number of nitrogens with zero attached hydrogens (tertiary/aromatic N) is 1. The Morgan fingerprint density at radius 1 is 1.33 bits per heavy atom. The number of morpholine rings is 1. The van der Waals surface area contributed by atoms with Crippen LogP contribution in [0.2, 0.25) is 0 Å². The van der Waals surface area contributed by atoms with Gasteiger partial charge in [-0.2, -0.15) is 0 Å². The molecule has 2 rings (SSSR count). The number of nitro benzene ring substituents is 1. The van der Waals surface area contributed by atoms with Gasteiger partial charge in [-0.1, -0.05) is 6.07 Å². The average molecular weight is 354 g/mol. The van der Waals surface area contributed by atoms with Gasteiger partial charge in [-0.15, -0.1) is 5.75 Å². The van der Waals surface area contributed by atoms with Crippen LogP contribution in [-0.4, -0.2) is 49.4 Å². The van der Waals surface area contributed by atoms with E-state index in [4.69, 9.17) is 17.0 Å². The maximum atomic E-state index is 11.7. The highest BCUT2D eigenvalue weighted by Crippen LogP contribution is 2.20. The smallest absolute Gasteiger partial charge is 0.269 e. The van der Waals surface area contributed by atoms with Crippen LogP contribution in [0.4, 0.5) is 5.69 Å². The molecule has 1 fully saturated rings. The zero-order valence-corrected chi connectivity index (χ0v) is 14.2. The van der Waals surface area contributed by atoms with Crippen LogP contribution < -0.4 is 20.6 Å². The summed E-state index contributed by atoms with van der Waals surface area (Å²) in [5.74, 6) is -0.244. The lowest BCUT2D eigenvalue weighted by atomic mass is 10.2. The molecule has 0 amide bonds. The van der Waals surface area contributed by atoms with E-state index in [-0.39, 0.29) is 18.0 Å². The second kappa shape index (κ2) is 9.36. The Hall–Kier alpha value is -1.97. The van der Waals surface area contributed by atoms with E-state index in [2.05, 4.69) is 10.6 Å². The minimum absolute atomic E-state index is 0.0984. The number of non-ortho nitro benzene ring substituents is 1. The SMILES string of the molecule is O=[N+]([O-])c1ccc([O-])c(CNC(=S)NCCC[NH+]2CCOCC2)c1. The second-order valence-electron chi connectivity index (χ2n) is 5.62. The standard InChI is InChI=1S/C15H22N4O4S/c20-14-3-2-13(19(21)22)10-12(14)11-17-15(24)16-4-1-5-18-6-8-23-9-7-18/h2-3,10,20H,1,4-9,11H2,(H2,16,17,24). The number of quaternary nitrogens is 1. The van der Waals surface area contributed by atoms with Crippen LogP contribution in [0.1, 0.15) is 12.0 Å². The van der Waals surface area contributed by atoms with Crippen molar-refractivity contribution in [2.75, 3.05) is 39.4 Å². The molecule has 9 heteroatoms. The number of thiocarbonyl (C=S) groups is 1. The molecule has 132 valence electrons. The minimum Gasteiger partial charge on any atom is -0.872 e. The zero-order valence-electron chi connectivity index (χ0n) is 13.4. The van der Waals surface area contributed by atoms with Gasteiger partial charge in [0.05, 0.1) is 24.7 Å². The maximum Gasteiger partial charge on any atom is 0.269 e. The van der Waals surface area contributed by atoms with Gasteiger partial charge in [0, 0.05) is 31.6 Å². The zero-order chi connectivity index (χ0) is 17.4. The first-order valence-corrected chi connectivity index (χ1v) is 8.34. The summed E-state index contributed by atoms with van der Waals surface area (Å²) in [6.45, 7) is 5.71. The molecule has 0 saturated carbocycles. The Bertz CT molecular complexity index is 579. The van der Waals surface area contributed by atoms with Crippen molar-refractivity contribution in [2.24, 2.45) is 0 Å². The van der Waals surface area contributed by atoms with Crippen molar-refractivity contribution < 1.29 is 19.7 Å². The van der Waals surface area contributed by atoms with E-state index in [1.807, 2.05) is 0 Å². The molecule has 1 aliphatic rings. The Labute approximate surface area is 145 Å². The van der Waals surface area contributed by atoms with E-state index in [1.165, 1.54) is 23.1 Å². The van der Waals surface area contributed by atoms with Gasteiger partial charge < -0.3 is 25.4 Å². The molecule has 8 nitrogen and oxygen atoms in total. The van der Waals surface area contributed by atoms with E-state index in [1.54, 1.807) is 0 Å². The fourth-order valence-electron chi connectivity index (χ4n) is 2.51. The van der Waals surface area contributed by atoms with Gasteiger partial charge in [0.1, 0.15) is 13.1 Å². The molecular formula is C15H22N4O4S. The predicted octanol–water partition coefficient (Wildman–Crippen LogP) is -1.06.